The van der Waals surface area contributed by atoms with Crippen LogP contribution in [0.2, 0.25) is 0 Å². The van der Waals surface area contributed by atoms with Crippen molar-refractivity contribution in [3.05, 3.63) is 0 Å². The van der Waals surface area contributed by atoms with Crippen molar-refractivity contribution in [2.24, 2.45) is 5.92 Å². The van der Waals surface area contributed by atoms with Gasteiger partial charge in [0.15, 0.2) is 0 Å². The quantitative estimate of drug-likeness (QED) is 0.686. The van der Waals surface area contributed by atoms with Crippen molar-refractivity contribution in [3.63, 3.8) is 0 Å². The summed E-state index contributed by atoms with van der Waals surface area (Å²) in [7, 11) is 0. The van der Waals surface area contributed by atoms with Gasteiger partial charge in [-0.25, -0.2) is 0 Å². The van der Waals surface area contributed by atoms with Gasteiger partial charge in [-0.05, 0) is 25.4 Å². The highest BCUT2D eigenvalue weighted by Crippen LogP contribution is 2.06. The lowest BCUT2D eigenvalue weighted by Crippen LogP contribution is -2.29. The van der Waals surface area contributed by atoms with Crippen LogP contribution in [0, 0.1) is 5.92 Å². The Bertz CT molecular complexity index is 117. The molecular weight excluding hydrogens is 158 g/mol. The van der Waals surface area contributed by atoms with Gasteiger partial charge in [-0.15, -0.1) is 0 Å². The average molecular weight is 175 g/mol. The number of carbonyl (C=O) groups excluding carboxylic acids is 1. The highest BCUT2D eigenvalue weighted by Gasteiger charge is 2.09. The van der Waals surface area contributed by atoms with Crippen molar-refractivity contribution in [1.82, 2.24) is 5.32 Å². The van der Waals surface area contributed by atoms with Gasteiger partial charge < -0.3 is 5.32 Å². The largest absolute Gasteiger partial charge is 0.356 e. The number of thioether (sulfide) groups is 1. The predicted molar refractivity (Wildman–Crippen MR) is 50.8 cm³/mol. The van der Waals surface area contributed by atoms with Crippen LogP contribution in [0.15, 0.2) is 0 Å². The van der Waals surface area contributed by atoms with E-state index < -0.39 is 0 Å². The molecule has 0 aliphatic carbocycles. The molecule has 0 heterocycles. The molecule has 66 valence electrons. The van der Waals surface area contributed by atoms with E-state index in [9.17, 15) is 4.79 Å². The van der Waals surface area contributed by atoms with Gasteiger partial charge in [-0.2, -0.15) is 11.8 Å². The van der Waals surface area contributed by atoms with Crippen LogP contribution in [0.4, 0.5) is 0 Å². The summed E-state index contributed by atoms with van der Waals surface area (Å²) in [5.41, 5.74) is 0. The summed E-state index contributed by atoms with van der Waals surface area (Å²) in [5, 5.41) is 2.81. The topological polar surface area (TPSA) is 29.1 Å². The highest BCUT2D eigenvalue weighted by molar-refractivity contribution is 7.98. The van der Waals surface area contributed by atoms with Gasteiger partial charge in [0.25, 0.3) is 0 Å². The van der Waals surface area contributed by atoms with Crippen LogP contribution >= 0.6 is 11.8 Å². The first-order chi connectivity index (χ1) is 5.22. The lowest BCUT2D eigenvalue weighted by Gasteiger charge is -2.09. The molecule has 0 saturated heterocycles. The maximum absolute atomic E-state index is 11.1. The maximum Gasteiger partial charge on any atom is 0.222 e. The number of amides is 1. The second kappa shape index (κ2) is 6.53. The van der Waals surface area contributed by atoms with Crippen LogP contribution in [0.3, 0.4) is 0 Å². The van der Waals surface area contributed by atoms with E-state index in [0.717, 1.165) is 18.7 Å². The lowest BCUT2D eigenvalue weighted by molar-refractivity contribution is -0.124. The lowest BCUT2D eigenvalue weighted by atomic mass is 10.1. The van der Waals surface area contributed by atoms with Crippen molar-refractivity contribution < 1.29 is 4.79 Å². The Morgan fingerprint density at radius 3 is 2.73 bits per heavy atom. The zero-order chi connectivity index (χ0) is 8.69. The van der Waals surface area contributed by atoms with E-state index in [1.165, 1.54) is 0 Å². The van der Waals surface area contributed by atoms with Crippen molar-refractivity contribution in [1.29, 1.82) is 0 Å². The van der Waals surface area contributed by atoms with Gasteiger partial charge in [0.1, 0.15) is 0 Å². The molecule has 0 spiro atoms. The van der Waals surface area contributed by atoms with E-state index >= 15 is 0 Å². The highest BCUT2D eigenvalue weighted by atomic mass is 32.2. The Balaban J connectivity index is 3.46. The summed E-state index contributed by atoms with van der Waals surface area (Å²) < 4.78 is 0. The molecule has 1 N–H and O–H groups in total. The minimum Gasteiger partial charge on any atom is -0.356 e. The van der Waals surface area contributed by atoms with Crippen molar-refractivity contribution >= 4 is 17.7 Å². The molecule has 0 aliphatic heterocycles. The molecular formula is C8H17NOS. The molecule has 1 unspecified atom stereocenters. The molecule has 1 atom stereocenters. The van der Waals surface area contributed by atoms with Crippen LogP contribution in [0.5, 0.6) is 0 Å². The Morgan fingerprint density at radius 2 is 2.27 bits per heavy atom. The first kappa shape index (κ1) is 10.8. The van der Waals surface area contributed by atoms with E-state index in [0.29, 0.717) is 0 Å². The summed E-state index contributed by atoms with van der Waals surface area (Å²) >= 11 is 1.79. The molecule has 0 aromatic carbocycles. The van der Waals surface area contributed by atoms with Crippen LogP contribution in [0.1, 0.15) is 20.3 Å². The van der Waals surface area contributed by atoms with Crippen LogP contribution in [0.25, 0.3) is 0 Å². The SMILES string of the molecule is CCNC(=O)C(C)CCSC. The zero-order valence-corrected chi connectivity index (χ0v) is 8.33. The fourth-order valence-electron chi connectivity index (χ4n) is 0.774. The summed E-state index contributed by atoms with van der Waals surface area (Å²) in [4.78, 5) is 11.1. The van der Waals surface area contributed by atoms with Gasteiger partial charge in [0.05, 0.1) is 0 Å². The molecule has 1 amide bonds. The van der Waals surface area contributed by atoms with E-state index in [1.54, 1.807) is 11.8 Å². The molecule has 0 aromatic rings. The molecule has 11 heavy (non-hydrogen) atoms. The predicted octanol–water partition coefficient (Wildman–Crippen LogP) is 1.51. The first-order valence-electron chi connectivity index (χ1n) is 3.99. The Hall–Kier alpha value is -0.180. The molecule has 0 aliphatic rings. The van der Waals surface area contributed by atoms with Gasteiger partial charge >= 0.3 is 0 Å². The standard InChI is InChI=1S/C8H17NOS/c1-4-9-8(10)7(2)5-6-11-3/h7H,4-6H2,1-3H3,(H,9,10). The number of carbonyl (C=O) groups is 1. The third-order valence-corrected chi connectivity index (χ3v) is 2.20. The second-order valence-electron chi connectivity index (χ2n) is 2.58. The average Bonchev–Trinajstić information content (AvgIpc) is 2.00. The monoisotopic (exact) mass is 175 g/mol. The zero-order valence-electron chi connectivity index (χ0n) is 7.52. The number of hydrogen-bond donors (Lipinski definition) is 1. The minimum absolute atomic E-state index is 0.169. The first-order valence-corrected chi connectivity index (χ1v) is 5.38. The minimum atomic E-state index is 0.169. The molecule has 3 heteroatoms. The van der Waals surface area contributed by atoms with Gasteiger partial charge in [-0.1, -0.05) is 6.92 Å². The fourth-order valence-corrected chi connectivity index (χ4v) is 1.36. The van der Waals surface area contributed by atoms with E-state index in [-0.39, 0.29) is 11.8 Å². The molecule has 0 rings (SSSR count). The molecule has 0 bridgehead atoms. The van der Waals surface area contributed by atoms with Crippen LogP contribution in [-0.2, 0) is 4.79 Å². The van der Waals surface area contributed by atoms with Gasteiger partial charge in [0.2, 0.25) is 5.91 Å². The van der Waals surface area contributed by atoms with E-state index in [1.807, 2.05) is 13.8 Å². The van der Waals surface area contributed by atoms with Crippen molar-refractivity contribution in [2.75, 3.05) is 18.6 Å². The summed E-state index contributed by atoms with van der Waals surface area (Å²) in [6, 6.07) is 0. The summed E-state index contributed by atoms with van der Waals surface area (Å²) in [5.74, 6) is 1.42. The van der Waals surface area contributed by atoms with Crippen LogP contribution < -0.4 is 5.32 Å². The van der Waals surface area contributed by atoms with Gasteiger partial charge in [0, 0.05) is 12.5 Å². The number of rotatable bonds is 5. The van der Waals surface area contributed by atoms with E-state index in [4.69, 9.17) is 0 Å². The van der Waals surface area contributed by atoms with E-state index in [2.05, 4.69) is 11.6 Å². The smallest absolute Gasteiger partial charge is 0.222 e. The summed E-state index contributed by atoms with van der Waals surface area (Å²) in [6.45, 7) is 4.66. The molecule has 0 fully saturated rings. The maximum atomic E-state index is 11.1. The normalized spacial score (nSPS) is 12.6. The van der Waals surface area contributed by atoms with Crippen LogP contribution in [-0.4, -0.2) is 24.5 Å². The molecule has 0 aromatic heterocycles. The third kappa shape index (κ3) is 5.13. The number of hydrogen-bond acceptors (Lipinski definition) is 2. The van der Waals surface area contributed by atoms with Crippen molar-refractivity contribution in [2.45, 2.75) is 20.3 Å². The Labute approximate surface area is 73.1 Å². The molecule has 0 radical (unpaired) electrons. The summed E-state index contributed by atoms with van der Waals surface area (Å²) in [6.07, 6.45) is 3.04. The second-order valence-corrected chi connectivity index (χ2v) is 3.56. The van der Waals surface area contributed by atoms with Crippen molar-refractivity contribution in [3.8, 4) is 0 Å². The Morgan fingerprint density at radius 1 is 1.64 bits per heavy atom. The number of nitrogens with one attached hydrogen (secondary N) is 1. The fraction of sp³-hybridized carbons (Fsp3) is 0.875. The third-order valence-electron chi connectivity index (χ3n) is 1.55. The Kier molecular flexibility index (Phi) is 6.42. The van der Waals surface area contributed by atoms with Gasteiger partial charge in [-0.3, -0.25) is 4.79 Å². The molecule has 0 saturated carbocycles. The molecule has 2 nitrogen and oxygen atoms in total.